The van der Waals surface area contributed by atoms with Gasteiger partial charge >= 0.3 is 0 Å². The topological polar surface area (TPSA) is 42.1 Å². The highest BCUT2D eigenvalue weighted by molar-refractivity contribution is 5.84. The van der Waals surface area contributed by atoms with Crippen LogP contribution in [0.2, 0.25) is 0 Å². The van der Waals surface area contributed by atoms with Crippen molar-refractivity contribution in [3.63, 3.8) is 0 Å². The number of ether oxygens (including phenoxy) is 2. The summed E-state index contributed by atoms with van der Waals surface area (Å²) >= 11 is 0. The van der Waals surface area contributed by atoms with Crippen LogP contribution in [-0.4, -0.2) is 35.8 Å². The molecule has 1 amide bonds. The molecule has 0 N–H and O–H groups in total. The number of amides is 1. The number of epoxide rings is 1. The number of nitrogens with zero attached hydrogens (tertiary/aromatic N) is 1. The van der Waals surface area contributed by atoms with E-state index in [1.54, 1.807) is 0 Å². The van der Waals surface area contributed by atoms with Crippen LogP contribution in [0.5, 0.6) is 0 Å². The Bertz CT molecular complexity index is 490. The minimum atomic E-state index is -0.262. The summed E-state index contributed by atoms with van der Waals surface area (Å²) in [6.07, 6.45) is 2.48. The van der Waals surface area contributed by atoms with Gasteiger partial charge in [0.25, 0.3) is 5.91 Å². The average molecular weight is 289 g/mol. The quantitative estimate of drug-likeness (QED) is 0.783. The van der Waals surface area contributed by atoms with E-state index in [0.717, 1.165) is 24.8 Å². The Kier molecular flexibility index (Phi) is 4.27. The maximum Gasteiger partial charge on any atom is 0.257 e. The van der Waals surface area contributed by atoms with E-state index >= 15 is 0 Å². The summed E-state index contributed by atoms with van der Waals surface area (Å²) in [5.41, 5.74) is 1.14. The molecule has 2 fully saturated rings. The fourth-order valence-corrected chi connectivity index (χ4v) is 3.08. The third-order valence-electron chi connectivity index (χ3n) is 4.30. The molecule has 2 heterocycles. The van der Waals surface area contributed by atoms with Crippen LogP contribution in [0.4, 0.5) is 0 Å². The first kappa shape index (κ1) is 14.5. The number of carbonyl (C=O) groups excluding carboxylic acids is 1. The minimum Gasteiger partial charge on any atom is -0.359 e. The largest absolute Gasteiger partial charge is 0.359 e. The summed E-state index contributed by atoms with van der Waals surface area (Å²) in [6, 6.07) is 10.1. The Morgan fingerprint density at radius 3 is 2.67 bits per heavy atom. The second kappa shape index (κ2) is 6.16. The zero-order valence-corrected chi connectivity index (χ0v) is 12.7. The Balaban J connectivity index is 1.81. The fraction of sp³-hybridized carbons (Fsp3) is 0.588. The van der Waals surface area contributed by atoms with Crippen molar-refractivity contribution in [3.05, 3.63) is 35.9 Å². The Labute approximate surface area is 126 Å². The van der Waals surface area contributed by atoms with Crippen LogP contribution in [0.15, 0.2) is 30.3 Å². The van der Waals surface area contributed by atoms with Crippen LogP contribution in [-0.2, 0) is 14.3 Å². The number of hydrogen-bond acceptors (Lipinski definition) is 3. The van der Waals surface area contributed by atoms with Crippen LogP contribution >= 0.6 is 0 Å². The first-order valence-electron chi connectivity index (χ1n) is 7.90. The molecule has 0 radical (unpaired) electrons. The molecular weight excluding hydrogens is 266 g/mol. The van der Waals surface area contributed by atoms with Gasteiger partial charge in [-0.25, -0.2) is 0 Å². The standard InChI is InChI=1S/C17H23NO3/c1-3-8-15-18(17(19)16-14(4-2)21-16)13(11-20-15)12-9-6-5-7-10-12/h5-7,9-10,13-16H,3-4,8,11H2,1-2H3/t13-,14-,15-,16+/m0/s1. The normalized spacial score (nSPS) is 31.4. The van der Waals surface area contributed by atoms with E-state index in [0.29, 0.717) is 6.61 Å². The van der Waals surface area contributed by atoms with Crippen LogP contribution in [0, 0.1) is 0 Å². The van der Waals surface area contributed by atoms with Gasteiger partial charge in [-0.2, -0.15) is 0 Å². The summed E-state index contributed by atoms with van der Waals surface area (Å²) < 4.78 is 11.4. The first-order valence-corrected chi connectivity index (χ1v) is 7.90. The van der Waals surface area contributed by atoms with Gasteiger partial charge in [-0.15, -0.1) is 0 Å². The van der Waals surface area contributed by atoms with E-state index in [9.17, 15) is 4.79 Å². The fourth-order valence-electron chi connectivity index (χ4n) is 3.08. The van der Waals surface area contributed by atoms with Crippen molar-refractivity contribution < 1.29 is 14.3 Å². The lowest BCUT2D eigenvalue weighted by atomic mass is 10.1. The van der Waals surface area contributed by atoms with Gasteiger partial charge in [-0.3, -0.25) is 4.79 Å². The van der Waals surface area contributed by atoms with Gasteiger partial charge in [0.05, 0.1) is 18.8 Å². The molecule has 0 bridgehead atoms. The lowest BCUT2D eigenvalue weighted by Gasteiger charge is -2.28. The number of carbonyl (C=O) groups is 1. The van der Waals surface area contributed by atoms with Crippen molar-refractivity contribution in [2.75, 3.05) is 6.61 Å². The van der Waals surface area contributed by atoms with Gasteiger partial charge in [0, 0.05) is 0 Å². The lowest BCUT2D eigenvalue weighted by molar-refractivity contribution is -0.139. The first-order chi connectivity index (χ1) is 10.3. The molecule has 0 spiro atoms. The van der Waals surface area contributed by atoms with Crippen molar-refractivity contribution >= 4 is 5.91 Å². The highest BCUT2D eigenvalue weighted by Crippen LogP contribution is 2.37. The Morgan fingerprint density at radius 2 is 2.05 bits per heavy atom. The summed E-state index contributed by atoms with van der Waals surface area (Å²) in [6.45, 7) is 4.74. The number of hydrogen-bond donors (Lipinski definition) is 0. The van der Waals surface area contributed by atoms with Gasteiger partial charge in [0.2, 0.25) is 0 Å². The van der Waals surface area contributed by atoms with Crippen LogP contribution < -0.4 is 0 Å². The van der Waals surface area contributed by atoms with Gasteiger partial charge < -0.3 is 14.4 Å². The molecule has 2 aliphatic heterocycles. The molecule has 2 aliphatic rings. The number of benzene rings is 1. The third-order valence-corrected chi connectivity index (χ3v) is 4.30. The van der Waals surface area contributed by atoms with Gasteiger partial charge in [-0.05, 0) is 18.4 Å². The van der Waals surface area contributed by atoms with Crippen molar-refractivity contribution in [3.8, 4) is 0 Å². The highest BCUT2D eigenvalue weighted by atomic mass is 16.6. The van der Waals surface area contributed by atoms with E-state index in [1.807, 2.05) is 23.1 Å². The highest BCUT2D eigenvalue weighted by Gasteiger charge is 2.50. The van der Waals surface area contributed by atoms with Crippen molar-refractivity contribution in [2.24, 2.45) is 0 Å². The predicted molar refractivity (Wildman–Crippen MR) is 79.6 cm³/mol. The third kappa shape index (κ3) is 2.83. The lowest BCUT2D eigenvalue weighted by Crippen LogP contribution is -2.41. The molecule has 2 saturated heterocycles. The monoisotopic (exact) mass is 289 g/mol. The molecule has 4 heteroatoms. The van der Waals surface area contributed by atoms with Crippen molar-refractivity contribution in [1.82, 2.24) is 4.90 Å². The molecule has 1 aromatic carbocycles. The Hall–Kier alpha value is -1.39. The van der Waals surface area contributed by atoms with E-state index in [4.69, 9.17) is 9.47 Å². The van der Waals surface area contributed by atoms with Crippen LogP contribution in [0.25, 0.3) is 0 Å². The van der Waals surface area contributed by atoms with E-state index in [1.165, 1.54) is 0 Å². The molecular formula is C17H23NO3. The Morgan fingerprint density at radius 1 is 1.29 bits per heavy atom. The number of rotatable bonds is 5. The summed E-state index contributed by atoms with van der Waals surface area (Å²) in [5.74, 6) is 0.0895. The molecule has 0 unspecified atom stereocenters. The molecule has 4 atom stereocenters. The molecule has 114 valence electrons. The molecule has 0 saturated carbocycles. The van der Waals surface area contributed by atoms with Gasteiger partial charge in [0.1, 0.15) is 6.23 Å². The van der Waals surface area contributed by atoms with E-state index in [-0.39, 0.29) is 30.4 Å². The smallest absolute Gasteiger partial charge is 0.257 e. The summed E-state index contributed by atoms with van der Waals surface area (Å²) in [4.78, 5) is 14.7. The van der Waals surface area contributed by atoms with Crippen LogP contribution in [0.3, 0.4) is 0 Å². The SMILES string of the molecule is CCC[C@@H]1OC[C@@H](c2ccccc2)N1C(=O)[C@@H]1O[C@H]1CC. The second-order valence-corrected chi connectivity index (χ2v) is 5.75. The maximum absolute atomic E-state index is 12.8. The zero-order chi connectivity index (χ0) is 14.8. The molecule has 21 heavy (non-hydrogen) atoms. The second-order valence-electron chi connectivity index (χ2n) is 5.75. The minimum absolute atomic E-state index is 0.0111. The van der Waals surface area contributed by atoms with Crippen molar-refractivity contribution in [2.45, 2.75) is 57.6 Å². The van der Waals surface area contributed by atoms with E-state index < -0.39 is 0 Å². The van der Waals surface area contributed by atoms with Crippen molar-refractivity contribution in [1.29, 1.82) is 0 Å². The molecule has 4 nitrogen and oxygen atoms in total. The van der Waals surface area contributed by atoms with Gasteiger partial charge in [-0.1, -0.05) is 50.6 Å². The molecule has 0 aromatic heterocycles. The summed E-state index contributed by atoms with van der Waals surface area (Å²) in [7, 11) is 0. The van der Waals surface area contributed by atoms with E-state index in [2.05, 4.69) is 26.0 Å². The van der Waals surface area contributed by atoms with Gasteiger partial charge in [0.15, 0.2) is 6.10 Å². The average Bonchev–Trinajstić information content (AvgIpc) is 3.20. The summed E-state index contributed by atoms with van der Waals surface area (Å²) in [5, 5.41) is 0. The maximum atomic E-state index is 12.8. The molecule has 1 aromatic rings. The predicted octanol–water partition coefficient (Wildman–Crippen LogP) is 2.89. The zero-order valence-electron chi connectivity index (χ0n) is 12.7. The molecule has 3 rings (SSSR count). The molecule has 0 aliphatic carbocycles. The van der Waals surface area contributed by atoms with Crippen LogP contribution in [0.1, 0.15) is 44.7 Å².